The van der Waals surface area contributed by atoms with Crippen LogP contribution < -0.4 is 15.4 Å². The number of rotatable bonds is 8. The van der Waals surface area contributed by atoms with Gasteiger partial charge in [0.15, 0.2) is 6.61 Å². The van der Waals surface area contributed by atoms with Crippen LogP contribution in [0.4, 0.5) is 5.69 Å². The molecule has 33 heavy (non-hydrogen) atoms. The highest BCUT2D eigenvalue weighted by molar-refractivity contribution is 7.89. The van der Waals surface area contributed by atoms with E-state index in [1.807, 2.05) is 32.9 Å². The zero-order valence-corrected chi connectivity index (χ0v) is 20.1. The number of aryl methyl sites for hydroxylation is 3. The second-order valence-electron chi connectivity index (χ2n) is 8.32. The zero-order valence-electron chi connectivity index (χ0n) is 19.3. The smallest absolute Gasteiger partial charge is 0.258 e. The van der Waals surface area contributed by atoms with E-state index >= 15 is 0 Å². The van der Waals surface area contributed by atoms with E-state index in [4.69, 9.17) is 4.74 Å². The maximum Gasteiger partial charge on any atom is 0.258 e. The van der Waals surface area contributed by atoms with Crippen molar-refractivity contribution in [2.24, 2.45) is 0 Å². The van der Waals surface area contributed by atoms with Gasteiger partial charge in [-0.2, -0.15) is 4.31 Å². The standard InChI is InChI=1S/C24H31N3O5S/c1-17-13-18(2)24(19(3)14-17)26-22(28)15-25-23(29)16-32-20-7-9-21(10-8-20)33(30,31)27-11-5-4-6-12-27/h7-10,13-14H,4-6,11-12,15-16H2,1-3H3,(H,25,29)(H,26,28). The van der Waals surface area contributed by atoms with Crippen LogP contribution in [0.3, 0.4) is 0 Å². The summed E-state index contributed by atoms with van der Waals surface area (Å²) in [6.45, 7) is 6.45. The van der Waals surface area contributed by atoms with Gasteiger partial charge in [0.25, 0.3) is 5.91 Å². The molecule has 8 nitrogen and oxygen atoms in total. The number of carbonyl (C=O) groups excluding carboxylic acids is 2. The van der Waals surface area contributed by atoms with Gasteiger partial charge in [0.2, 0.25) is 15.9 Å². The summed E-state index contributed by atoms with van der Waals surface area (Å²) in [6.07, 6.45) is 2.79. The molecule has 2 aromatic carbocycles. The molecule has 1 fully saturated rings. The van der Waals surface area contributed by atoms with E-state index in [1.165, 1.54) is 28.6 Å². The number of hydrogen-bond donors (Lipinski definition) is 2. The molecule has 0 unspecified atom stereocenters. The van der Waals surface area contributed by atoms with Crippen molar-refractivity contribution in [3.05, 3.63) is 53.1 Å². The van der Waals surface area contributed by atoms with Crippen LogP contribution >= 0.6 is 0 Å². The fraction of sp³-hybridized carbons (Fsp3) is 0.417. The third-order valence-corrected chi connectivity index (χ3v) is 7.45. The molecule has 0 aliphatic carbocycles. The molecule has 1 aliphatic heterocycles. The van der Waals surface area contributed by atoms with Gasteiger partial charge < -0.3 is 15.4 Å². The molecule has 1 heterocycles. The van der Waals surface area contributed by atoms with E-state index in [0.717, 1.165) is 41.6 Å². The van der Waals surface area contributed by atoms with Crippen LogP contribution in [0.15, 0.2) is 41.3 Å². The molecule has 0 aromatic heterocycles. The van der Waals surface area contributed by atoms with Crippen molar-refractivity contribution in [3.8, 4) is 5.75 Å². The Balaban J connectivity index is 1.46. The van der Waals surface area contributed by atoms with Gasteiger partial charge in [0.05, 0.1) is 11.4 Å². The Morgan fingerprint density at radius 3 is 2.15 bits per heavy atom. The number of benzene rings is 2. The van der Waals surface area contributed by atoms with Crippen molar-refractivity contribution in [1.29, 1.82) is 0 Å². The zero-order chi connectivity index (χ0) is 24.0. The van der Waals surface area contributed by atoms with Gasteiger partial charge in [-0.3, -0.25) is 9.59 Å². The lowest BCUT2D eigenvalue weighted by molar-refractivity contribution is -0.125. The molecule has 2 aromatic rings. The molecule has 3 rings (SSSR count). The first-order chi connectivity index (χ1) is 15.7. The molecule has 0 radical (unpaired) electrons. The van der Waals surface area contributed by atoms with Crippen molar-refractivity contribution in [1.82, 2.24) is 9.62 Å². The monoisotopic (exact) mass is 473 g/mol. The number of carbonyl (C=O) groups is 2. The average molecular weight is 474 g/mol. The van der Waals surface area contributed by atoms with Crippen molar-refractivity contribution < 1.29 is 22.7 Å². The van der Waals surface area contributed by atoms with Crippen LogP contribution in [0, 0.1) is 20.8 Å². The summed E-state index contributed by atoms with van der Waals surface area (Å²) in [6, 6.07) is 9.99. The maximum atomic E-state index is 12.7. The van der Waals surface area contributed by atoms with Crippen LogP contribution in [0.25, 0.3) is 0 Å². The molecule has 2 amide bonds. The topological polar surface area (TPSA) is 105 Å². The van der Waals surface area contributed by atoms with E-state index in [0.29, 0.717) is 18.8 Å². The van der Waals surface area contributed by atoms with Crippen LogP contribution in [0.1, 0.15) is 36.0 Å². The number of amides is 2. The molecule has 1 aliphatic rings. The minimum atomic E-state index is -3.51. The van der Waals surface area contributed by atoms with Gasteiger partial charge >= 0.3 is 0 Å². The van der Waals surface area contributed by atoms with Gasteiger partial charge in [-0.15, -0.1) is 0 Å². The SMILES string of the molecule is Cc1cc(C)c(NC(=O)CNC(=O)COc2ccc(S(=O)(=O)N3CCCCC3)cc2)c(C)c1. The van der Waals surface area contributed by atoms with Gasteiger partial charge in [0, 0.05) is 18.8 Å². The molecule has 0 bridgehead atoms. The van der Waals surface area contributed by atoms with E-state index < -0.39 is 15.9 Å². The maximum absolute atomic E-state index is 12.7. The largest absolute Gasteiger partial charge is 0.484 e. The molecule has 178 valence electrons. The first-order valence-electron chi connectivity index (χ1n) is 11.0. The fourth-order valence-corrected chi connectivity index (χ4v) is 5.42. The Hall–Kier alpha value is -2.91. The van der Waals surface area contributed by atoms with Gasteiger partial charge in [-0.05, 0) is 69.0 Å². The normalized spacial score (nSPS) is 14.5. The number of anilines is 1. The van der Waals surface area contributed by atoms with Gasteiger partial charge in [-0.1, -0.05) is 24.1 Å². The molecular formula is C24H31N3O5S. The predicted octanol–water partition coefficient (Wildman–Crippen LogP) is 2.92. The number of nitrogens with one attached hydrogen (secondary N) is 2. The molecule has 1 saturated heterocycles. The average Bonchev–Trinajstić information content (AvgIpc) is 2.79. The first-order valence-corrected chi connectivity index (χ1v) is 12.5. The highest BCUT2D eigenvalue weighted by Gasteiger charge is 2.25. The first kappa shape index (κ1) is 24.7. The molecule has 0 spiro atoms. The Morgan fingerprint density at radius 2 is 1.55 bits per heavy atom. The summed E-state index contributed by atoms with van der Waals surface area (Å²) in [5.41, 5.74) is 3.78. The fourth-order valence-electron chi connectivity index (χ4n) is 3.90. The van der Waals surface area contributed by atoms with Crippen molar-refractivity contribution >= 4 is 27.5 Å². The number of piperidine rings is 1. The summed E-state index contributed by atoms with van der Waals surface area (Å²) in [5.74, 6) is -0.406. The second kappa shape index (κ2) is 10.8. The third kappa shape index (κ3) is 6.55. The number of ether oxygens (including phenoxy) is 1. The minimum absolute atomic E-state index is 0.179. The minimum Gasteiger partial charge on any atom is -0.484 e. The van der Waals surface area contributed by atoms with E-state index in [2.05, 4.69) is 10.6 Å². The lowest BCUT2D eigenvalue weighted by Gasteiger charge is -2.25. The van der Waals surface area contributed by atoms with Crippen molar-refractivity contribution in [2.75, 3.05) is 31.6 Å². The van der Waals surface area contributed by atoms with Crippen LogP contribution in [-0.4, -0.2) is 50.8 Å². The second-order valence-corrected chi connectivity index (χ2v) is 10.3. The van der Waals surface area contributed by atoms with Crippen molar-refractivity contribution in [3.63, 3.8) is 0 Å². The number of nitrogens with zero attached hydrogens (tertiary/aromatic N) is 1. The Kier molecular flexibility index (Phi) is 8.10. The summed E-state index contributed by atoms with van der Waals surface area (Å²) >= 11 is 0. The predicted molar refractivity (Wildman–Crippen MR) is 127 cm³/mol. The van der Waals surface area contributed by atoms with E-state index in [-0.39, 0.29) is 24.0 Å². The van der Waals surface area contributed by atoms with Gasteiger partial charge in [-0.25, -0.2) is 8.42 Å². The summed E-state index contributed by atoms with van der Waals surface area (Å²) in [5, 5.41) is 5.35. The summed E-state index contributed by atoms with van der Waals surface area (Å²) in [4.78, 5) is 24.5. The number of sulfonamides is 1. The molecule has 2 N–H and O–H groups in total. The van der Waals surface area contributed by atoms with Crippen molar-refractivity contribution in [2.45, 2.75) is 44.9 Å². The lowest BCUT2D eigenvalue weighted by Crippen LogP contribution is -2.36. The van der Waals surface area contributed by atoms with E-state index in [9.17, 15) is 18.0 Å². The Labute approximate surface area is 195 Å². The summed E-state index contributed by atoms with van der Waals surface area (Å²) < 4.78 is 32.3. The highest BCUT2D eigenvalue weighted by Crippen LogP contribution is 2.23. The Bertz CT molecular complexity index is 1080. The third-order valence-electron chi connectivity index (χ3n) is 5.53. The quantitative estimate of drug-likeness (QED) is 0.613. The van der Waals surface area contributed by atoms with Crippen LogP contribution in [-0.2, 0) is 19.6 Å². The molecule has 0 saturated carbocycles. The van der Waals surface area contributed by atoms with Crippen LogP contribution in [0.5, 0.6) is 5.75 Å². The highest BCUT2D eigenvalue weighted by atomic mass is 32.2. The Morgan fingerprint density at radius 1 is 0.939 bits per heavy atom. The summed E-state index contributed by atoms with van der Waals surface area (Å²) in [7, 11) is -3.51. The molecule has 9 heteroatoms. The lowest BCUT2D eigenvalue weighted by atomic mass is 10.1. The van der Waals surface area contributed by atoms with E-state index in [1.54, 1.807) is 0 Å². The van der Waals surface area contributed by atoms with Crippen LogP contribution in [0.2, 0.25) is 0 Å². The number of hydrogen-bond acceptors (Lipinski definition) is 5. The molecular weight excluding hydrogens is 442 g/mol. The van der Waals surface area contributed by atoms with Gasteiger partial charge in [0.1, 0.15) is 5.75 Å². The molecule has 0 atom stereocenters.